The fourth-order valence-corrected chi connectivity index (χ4v) is 3.31. The molecule has 3 nitrogen and oxygen atoms in total. The molecule has 1 aliphatic rings. The molecule has 2 aromatic carbocycles. The number of aliphatic imine (C=N–C) groups is 1. The minimum atomic E-state index is 0.570. The minimum Gasteiger partial charge on any atom is -0.369 e. The van der Waals surface area contributed by atoms with Gasteiger partial charge in [-0.25, -0.2) is 4.99 Å². The number of hydrogen-bond donors (Lipinski definition) is 1. The van der Waals surface area contributed by atoms with Crippen molar-refractivity contribution in [3.8, 4) is 0 Å². The van der Waals surface area contributed by atoms with E-state index in [1.54, 1.807) is 0 Å². The highest BCUT2D eigenvalue weighted by Crippen LogP contribution is 2.31. The second-order valence-corrected chi connectivity index (χ2v) is 6.01. The summed E-state index contributed by atoms with van der Waals surface area (Å²) in [6.45, 7) is 5.08. The van der Waals surface area contributed by atoms with Gasteiger partial charge >= 0.3 is 0 Å². The molecule has 0 spiro atoms. The van der Waals surface area contributed by atoms with Gasteiger partial charge in [0.1, 0.15) is 0 Å². The Morgan fingerprint density at radius 1 is 1.13 bits per heavy atom. The average molecular weight is 307 g/mol. The number of nitrogens with two attached hydrogens (primary N) is 1. The van der Waals surface area contributed by atoms with E-state index in [0.29, 0.717) is 5.96 Å². The van der Waals surface area contributed by atoms with Crippen molar-refractivity contribution in [3.05, 3.63) is 59.2 Å². The molecule has 0 fully saturated rings. The predicted molar refractivity (Wildman–Crippen MR) is 98.6 cm³/mol. The molecule has 2 N–H and O–H groups in total. The van der Waals surface area contributed by atoms with Crippen molar-refractivity contribution in [3.63, 3.8) is 0 Å². The Hall–Kier alpha value is -2.29. The van der Waals surface area contributed by atoms with E-state index in [0.717, 1.165) is 37.2 Å². The summed E-state index contributed by atoms with van der Waals surface area (Å²) in [6, 6.07) is 14.9. The number of anilines is 1. The van der Waals surface area contributed by atoms with Crippen LogP contribution in [-0.2, 0) is 19.3 Å². The van der Waals surface area contributed by atoms with Gasteiger partial charge in [-0.2, -0.15) is 0 Å². The van der Waals surface area contributed by atoms with Crippen LogP contribution in [0.2, 0.25) is 0 Å². The lowest BCUT2D eigenvalue weighted by Gasteiger charge is -2.22. The first-order valence-electron chi connectivity index (χ1n) is 8.54. The lowest BCUT2D eigenvalue weighted by Crippen LogP contribution is -2.37. The summed E-state index contributed by atoms with van der Waals surface area (Å²) in [5.41, 5.74) is 12.6. The van der Waals surface area contributed by atoms with Crippen LogP contribution in [0.15, 0.2) is 47.5 Å². The number of benzene rings is 2. The van der Waals surface area contributed by atoms with Crippen LogP contribution in [0.5, 0.6) is 0 Å². The Morgan fingerprint density at radius 2 is 1.96 bits per heavy atom. The molecule has 0 aromatic heterocycles. The fourth-order valence-electron chi connectivity index (χ4n) is 3.31. The Labute approximate surface area is 138 Å². The molecule has 3 heteroatoms. The van der Waals surface area contributed by atoms with Crippen LogP contribution in [0.1, 0.15) is 37.0 Å². The molecule has 0 heterocycles. The summed E-state index contributed by atoms with van der Waals surface area (Å²) in [7, 11) is 0. The van der Waals surface area contributed by atoms with E-state index in [2.05, 4.69) is 61.2 Å². The van der Waals surface area contributed by atoms with Gasteiger partial charge in [0, 0.05) is 12.2 Å². The zero-order valence-electron chi connectivity index (χ0n) is 14.0. The lowest BCUT2D eigenvalue weighted by molar-refractivity contribution is 0.911. The molecule has 23 heavy (non-hydrogen) atoms. The molecule has 1 aliphatic carbocycles. The second kappa shape index (κ2) is 6.86. The highest BCUT2D eigenvalue weighted by Gasteiger charge is 2.15. The summed E-state index contributed by atoms with van der Waals surface area (Å²) in [5, 5.41) is 0. The van der Waals surface area contributed by atoms with E-state index in [1.165, 1.54) is 23.1 Å². The Balaban J connectivity index is 1.93. The Bertz CT molecular complexity index is 719. The van der Waals surface area contributed by atoms with Gasteiger partial charge in [-0.1, -0.05) is 31.2 Å². The Kier molecular flexibility index (Phi) is 4.65. The van der Waals surface area contributed by atoms with E-state index in [9.17, 15) is 0 Å². The van der Waals surface area contributed by atoms with E-state index in [4.69, 9.17) is 10.7 Å². The maximum atomic E-state index is 6.35. The molecule has 0 bridgehead atoms. The topological polar surface area (TPSA) is 41.6 Å². The molecule has 0 unspecified atom stereocenters. The fraction of sp³-hybridized carbons (Fsp3) is 0.350. The molecular weight excluding hydrogens is 282 g/mol. The Morgan fingerprint density at radius 3 is 2.74 bits per heavy atom. The summed E-state index contributed by atoms with van der Waals surface area (Å²) < 4.78 is 0. The van der Waals surface area contributed by atoms with Crippen molar-refractivity contribution >= 4 is 17.3 Å². The first-order chi connectivity index (χ1) is 11.2. The van der Waals surface area contributed by atoms with Crippen molar-refractivity contribution in [2.75, 3.05) is 11.4 Å². The van der Waals surface area contributed by atoms with Crippen LogP contribution in [-0.4, -0.2) is 12.5 Å². The molecule has 120 valence electrons. The van der Waals surface area contributed by atoms with Gasteiger partial charge in [0.25, 0.3) is 0 Å². The molecule has 0 amide bonds. The molecule has 0 radical (unpaired) electrons. The van der Waals surface area contributed by atoms with Crippen molar-refractivity contribution in [1.82, 2.24) is 0 Å². The third-order valence-electron chi connectivity index (χ3n) is 4.58. The van der Waals surface area contributed by atoms with Gasteiger partial charge in [-0.3, -0.25) is 0 Å². The maximum Gasteiger partial charge on any atom is 0.201 e. The smallest absolute Gasteiger partial charge is 0.201 e. The molecule has 0 atom stereocenters. The summed E-state index contributed by atoms with van der Waals surface area (Å²) >= 11 is 0. The first-order valence-corrected chi connectivity index (χ1v) is 8.54. The number of hydrogen-bond acceptors (Lipinski definition) is 1. The molecule has 3 rings (SSSR count). The van der Waals surface area contributed by atoms with Crippen LogP contribution in [0.25, 0.3) is 0 Å². The molecule has 0 aliphatic heterocycles. The molecule has 0 saturated carbocycles. The van der Waals surface area contributed by atoms with Crippen molar-refractivity contribution in [2.24, 2.45) is 10.7 Å². The monoisotopic (exact) mass is 307 g/mol. The zero-order valence-corrected chi connectivity index (χ0v) is 14.0. The van der Waals surface area contributed by atoms with Crippen LogP contribution in [0.4, 0.5) is 11.4 Å². The van der Waals surface area contributed by atoms with Gasteiger partial charge in [0.15, 0.2) is 0 Å². The summed E-state index contributed by atoms with van der Waals surface area (Å²) in [6.07, 6.45) is 4.51. The number of nitrogens with zero attached hydrogens (tertiary/aromatic N) is 2. The quantitative estimate of drug-likeness (QED) is 0.679. The van der Waals surface area contributed by atoms with Crippen molar-refractivity contribution in [2.45, 2.75) is 39.5 Å². The van der Waals surface area contributed by atoms with Crippen molar-refractivity contribution in [1.29, 1.82) is 0 Å². The third kappa shape index (κ3) is 3.24. The lowest BCUT2D eigenvalue weighted by atomic mass is 10.1. The first kappa shape index (κ1) is 15.6. The normalized spacial score (nSPS) is 13.9. The maximum absolute atomic E-state index is 6.35. The SMILES string of the molecule is CCc1cccc(N(CC)C(N)=Nc2cccc3c2CCC3)c1. The van der Waals surface area contributed by atoms with Gasteiger partial charge < -0.3 is 10.6 Å². The van der Waals surface area contributed by atoms with E-state index in [-0.39, 0.29) is 0 Å². The van der Waals surface area contributed by atoms with Crippen LogP contribution >= 0.6 is 0 Å². The van der Waals surface area contributed by atoms with Gasteiger partial charge in [0.05, 0.1) is 5.69 Å². The number of guanidine groups is 1. The third-order valence-corrected chi connectivity index (χ3v) is 4.58. The van der Waals surface area contributed by atoms with E-state index < -0.39 is 0 Å². The van der Waals surface area contributed by atoms with Gasteiger partial charge in [-0.05, 0) is 67.5 Å². The number of fused-ring (bicyclic) bond motifs is 1. The predicted octanol–water partition coefficient (Wildman–Crippen LogP) is 4.21. The highest BCUT2D eigenvalue weighted by molar-refractivity contribution is 5.96. The van der Waals surface area contributed by atoms with Crippen LogP contribution < -0.4 is 10.6 Å². The van der Waals surface area contributed by atoms with Crippen LogP contribution in [0.3, 0.4) is 0 Å². The highest BCUT2D eigenvalue weighted by atomic mass is 15.3. The van der Waals surface area contributed by atoms with Gasteiger partial charge in [0.2, 0.25) is 5.96 Å². The van der Waals surface area contributed by atoms with E-state index >= 15 is 0 Å². The molecule has 2 aromatic rings. The second-order valence-electron chi connectivity index (χ2n) is 6.01. The summed E-state index contributed by atoms with van der Waals surface area (Å²) in [4.78, 5) is 6.83. The van der Waals surface area contributed by atoms with Gasteiger partial charge in [-0.15, -0.1) is 0 Å². The minimum absolute atomic E-state index is 0.570. The molecule has 0 saturated heterocycles. The number of aryl methyl sites for hydroxylation is 2. The summed E-state index contributed by atoms with van der Waals surface area (Å²) in [5.74, 6) is 0.570. The van der Waals surface area contributed by atoms with Crippen molar-refractivity contribution < 1.29 is 0 Å². The standard InChI is InChI=1S/C20H25N3/c1-3-15-8-5-11-17(14-15)23(4-2)20(21)22-19-13-7-10-16-9-6-12-18(16)19/h5,7-8,10-11,13-14H,3-4,6,9,12H2,1-2H3,(H2,21,22). The average Bonchev–Trinajstić information content (AvgIpc) is 3.05. The zero-order chi connectivity index (χ0) is 16.2. The largest absolute Gasteiger partial charge is 0.369 e. The van der Waals surface area contributed by atoms with E-state index in [1.807, 2.05) is 0 Å². The molecular formula is C20H25N3. The number of rotatable bonds is 4. The van der Waals surface area contributed by atoms with Crippen LogP contribution in [0, 0.1) is 0 Å².